The molecule has 0 aliphatic carbocycles. The SMILES string of the molecule is C=CCNS(=O)(=O)c1ccc(C(=O)NCc2ccc(C)cc2)cc1. The van der Waals surface area contributed by atoms with Crippen LogP contribution >= 0.6 is 0 Å². The van der Waals surface area contributed by atoms with Crippen molar-refractivity contribution in [3.8, 4) is 0 Å². The van der Waals surface area contributed by atoms with Gasteiger partial charge in [0, 0.05) is 18.7 Å². The first kappa shape index (κ1) is 17.9. The molecule has 0 aliphatic rings. The summed E-state index contributed by atoms with van der Waals surface area (Å²) >= 11 is 0. The Morgan fingerprint density at radius 2 is 1.71 bits per heavy atom. The van der Waals surface area contributed by atoms with E-state index in [0.29, 0.717) is 12.1 Å². The van der Waals surface area contributed by atoms with Gasteiger partial charge in [-0.25, -0.2) is 13.1 Å². The minimum Gasteiger partial charge on any atom is -0.348 e. The van der Waals surface area contributed by atoms with Crippen molar-refractivity contribution in [3.63, 3.8) is 0 Å². The molecule has 0 aliphatic heterocycles. The zero-order valence-electron chi connectivity index (χ0n) is 13.5. The molecule has 24 heavy (non-hydrogen) atoms. The maximum Gasteiger partial charge on any atom is 0.251 e. The van der Waals surface area contributed by atoms with Crippen LogP contribution in [0.4, 0.5) is 0 Å². The molecule has 0 saturated heterocycles. The predicted molar refractivity (Wildman–Crippen MR) is 94.2 cm³/mol. The molecule has 0 radical (unpaired) electrons. The molecule has 0 atom stereocenters. The number of amides is 1. The monoisotopic (exact) mass is 344 g/mol. The van der Waals surface area contributed by atoms with E-state index in [-0.39, 0.29) is 17.3 Å². The molecule has 2 N–H and O–H groups in total. The third-order valence-corrected chi connectivity index (χ3v) is 4.86. The molecule has 2 aromatic rings. The molecule has 1 amide bonds. The molecule has 0 bridgehead atoms. The van der Waals surface area contributed by atoms with Gasteiger partial charge in [0.2, 0.25) is 10.0 Å². The van der Waals surface area contributed by atoms with Crippen LogP contribution in [0.15, 0.2) is 66.1 Å². The Labute approximate surface area is 142 Å². The third kappa shape index (κ3) is 4.78. The Hall–Kier alpha value is -2.44. The molecule has 0 spiro atoms. The number of aryl methyl sites for hydroxylation is 1. The van der Waals surface area contributed by atoms with Crippen molar-refractivity contribution in [3.05, 3.63) is 77.9 Å². The fourth-order valence-electron chi connectivity index (χ4n) is 2.03. The lowest BCUT2D eigenvalue weighted by Crippen LogP contribution is -2.24. The molecule has 2 rings (SSSR count). The largest absolute Gasteiger partial charge is 0.348 e. The van der Waals surface area contributed by atoms with Gasteiger partial charge in [-0.05, 0) is 36.8 Å². The van der Waals surface area contributed by atoms with Crippen molar-refractivity contribution in [1.29, 1.82) is 0 Å². The number of rotatable bonds is 7. The van der Waals surface area contributed by atoms with E-state index in [1.54, 1.807) is 0 Å². The van der Waals surface area contributed by atoms with Crippen LogP contribution in [-0.2, 0) is 16.6 Å². The Morgan fingerprint density at radius 3 is 2.29 bits per heavy atom. The second kappa shape index (κ2) is 7.90. The summed E-state index contributed by atoms with van der Waals surface area (Å²) in [5, 5.41) is 2.81. The normalized spacial score (nSPS) is 11.0. The Balaban J connectivity index is 2.00. The summed E-state index contributed by atoms with van der Waals surface area (Å²) in [5.74, 6) is -0.251. The highest BCUT2D eigenvalue weighted by atomic mass is 32.2. The van der Waals surface area contributed by atoms with Gasteiger partial charge in [0.15, 0.2) is 0 Å². The Morgan fingerprint density at radius 1 is 1.08 bits per heavy atom. The predicted octanol–water partition coefficient (Wildman–Crippen LogP) is 2.39. The van der Waals surface area contributed by atoms with Crippen LogP contribution in [0.25, 0.3) is 0 Å². The van der Waals surface area contributed by atoms with E-state index in [2.05, 4.69) is 16.6 Å². The molecule has 0 saturated carbocycles. The van der Waals surface area contributed by atoms with Crippen molar-refractivity contribution in [1.82, 2.24) is 10.0 Å². The van der Waals surface area contributed by atoms with E-state index < -0.39 is 10.0 Å². The lowest BCUT2D eigenvalue weighted by atomic mass is 10.1. The Kier molecular flexibility index (Phi) is 5.89. The molecular formula is C18H20N2O3S. The summed E-state index contributed by atoms with van der Waals surface area (Å²) in [4.78, 5) is 12.2. The molecule has 5 nitrogen and oxygen atoms in total. The number of hydrogen-bond acceptors (Lipinski definition) is 3. The van der Waals surface area contributed by atoms with Crippen LogP contribution in [0.3, 0.4) is 0 Å². The van der Waals surface area contributed by atoms with Crippen molar-refractivity contribution in [2.45, 2.75) is 18.4 Å². The number of carbonyl (C=O) groups excluding carboxylic acids is 1. The second-order valence-electron chi connectivity index (χ2n) is 5.33. The van der Waals surface area contributed by atoms with E-state index in [0.717, 1.165) is 11.1 Å². The van der Waals surface area contributed by atoms with Crippen molar-refractivity contribution >= 4 is 15.9 Å². The van der Waals surface area contributed by atoms with Gasteiger partial charge in [-0.2, -0.15) is 0 Å². The number of sulfonamides is 1. The van der Waals surface area contributed by atoms with Gasteiger partial charge < -0.3 is 5.32 Å². The highest BCUT2D eigenvalue weighted by Gasteiger charge is 2.13. The molecule has 6 heteroatoms. The standard InChI is InChI=1S/C18H20N2O3S/c1-3-12-20-24(22,23)17-10-8-16(9-11-17)18(21)19-13-15-6-4-14(2)5-7-15/h3-11,20H,1,12-13H2,2H3,(H,19,21). The first-order chi connectivity index (χ1) is 11.4. The van der Waals surface area contributed by atoms with Crippen LogP contribution in [0.1, 0.15) is 21.5 Å². The quantitative estimate of drug-likeness (QED) is 0.757. The van der Waals surface area contributed by atoms with Gasteiger partial charge in [0.1, 0.15) is 0 Å². The fourth-order valence-corrected chi connectivity index (χ4v) is 3.03. The minimum absolute atomic E-state index is 0.111. The average Bonchev–Trinajstić information content (AvgIpc) is 2.59. The van der Waals surface area contributed by atoms with Crippen LogP contribution in [0, 0.1) is 6.92 Å². The first-order valence-electron chi connectivity index (χ1n) is 7.47. The third-order valence-electron chi connectivity index (χ3n) is 3.42. The first-order valence-corrected chi connectivity index (χ1v) is 8.95. The van der Waals surface area contributed by atoms with Gasteiger partial charge >= 0.3 is 0 Å². The van der Waals surface area contributed by atoms with E-state index in [1.807, 2.05) is 31.2 Å². The molecule has 126 valence electrons. The van der Waals surface area contributed by atoms with Gasteiger partial charge in [0.05, 0.1) is 4.90 Å². The number of nitrogens with one attached hydrogen (secondary N) is 2. The highest BCUT2D eigenvalue weighted by Crippen LogP contribution is 2.11. The topological polar surface area (TPSA) is 75.3 Å². The maximum atomic E-state index is 12.1. The molecule has 0 aromatic heterocycles. The van der Waals surface area contributed by atoms with E-state index >= 15 is 0 Å². The smallest absolute Gasteiger partial charge is 0.251 e. The molecule has 0 fully saturated rings. The minimum atomic E-state index is -3.58. The molecular weight excluding hydrogens is 324 g/mol. The van der Waals surface area contributed by atoms with Gasteiger partial charge in [0.25, 0.3) is 5.91 Å². The zero-order valence-corrected chi connectivity index (χ0v) is 14.3. The highest BCUT2D eigenvalue weighted by molar-refractivity contribution is 7.89. The van der Waals surface area contributed by atoms with Crippen LogP contribution in [-0.4, -0.2) is 20.9 Å². The fraction of sp³-hybridized carbons (Fsp3) is 0.167. The number of hydrogen-bond donors (Lipinski definition) is 2. The summed E-state index contributed by atoms with van der Waals surface area (Å²) in [6.07, 6.45) is 1.46. The average molecular weight is 344 g/mol. The lowest BCUT2D eigenvalue weighted by molar-refractivity contribution is 0.0951. The summed E-state index contributed by atoms with van der Waals surface area (Å²) in [6, 6.07) is 13.7. The van der Waals surface area contributed by atoms with Crippen LogP contribution in [0.2, 0.25) is 0 Å². The molecule has 2 aromatic carbocycles. The number of benzene rings is 2. The lowest BCUT2D eigenvalue weighted by Gasteiger charge is -2.08. The summed E-state index contributed by atoms with van der Waals surface area (Å²) in [5.41, 5.74) is 2.57. The van der Waals surface area contributed by atoms with Crippen LogP contribution in [0.5, 0.6) is 0 Å². The molecule has 0 unspecified atom stereocenters. The number of carbonyl (C=O) groups is 1. The van der Waals surface area contributed by atoms with Gasteiger partial charge in [-0.15, -0.1) is 6.58 Å². The van der Waals surface area contributed by atoms with Crippen molar-refractivity contribution in [2.75, 3.05) is 6.54 Å². The maximum absolute atomic E-state index is 12.1. The van der Waals surface area contributed by atoms with Crippen molar-refractivity contribution in [2.24, 2.45) is 0 Å². The van der Waals surface area contributed by atoms with Crippen LogP contribution < -0.4 is 10.0 Å². The van der Waals surface area contributed by atoms with E-state index in [9.17, 15) is 13.2 Å². The summed E-state index contributed by atoms with van der Waals surface area (Å²) < 4.78 is 26.3. The van der Waals surface area contributed by atoms with Gasteiger partial charge in [-0.1, -0.05) is 35.9 Å². The Bertz CT molecular complexity index is 810. The zero-order chi connectivity index (χ0) is 17.6. The molecule has 0 heterocycles. The van der Waals surface area contributed by atoms with Crippen molar-refractivity contribution < 1.29 is 13.2 Å². The van der Waals surface area contributed by atoms with E-state index in [4.69, 9.17) is 0 Å². The van der Waals surface area contributed by atoms with E-state index in [1.165, 1.54) is 30.3 Å². The van der Waals surface area contributed by atoms with Gasteiger partial charge in [-0.3, -0.25) is 4.79 Å². The summed E-state index contributed by atoms with van der Waals surface area (Å²) in [7, 11) is -3.58. The summed E-state index contributed by atoms with van der Waals surface area (Å²) in [6.45, 7) is 6.04. The second-order valence-corrected chi connectivity index (χ2v) is 7.10.